The Kier molecular flexibility index (Phi) is 6.82. The Bertz CT molecular complexity index is 554. The van der Waals surface area contributed by atoms with E-state index in [1.165, 1.54) is 0 Å². The molecule has 0 spiro atoms. The van der Waals surface area contributed by atoms with Crippen molar-refractivity contribution >= 4 is 23.9 Å². The number of esters is 4. The van der Waals surface area contributed by atoms with Crippen molar-refractivity contribution in [3.8, 4) is 0 Å². The Morgan fingerprint density at radius 3 is 1.92 bits per heavy atom. The maximum Gasteiger partial charge on any atom is 0.385 e. The Morgan fingerprint density at radius 1 is 0.960 bits per heavy atom. The summed E-state index contributed by atoms with van der Waals surface area (Å²) in [5.41, 5.74) is 5.68. The predicted octanol–water partition coefficient (Wildman–Crippen LogP) is -0.675. The normalized spacial score (nSPS) is 31.6. The van der Waals surface area contributed by atoms with Crippen molar-refractivity contribution in [2.45, 2.75) is 58.1 Å². The fourth-order valence-corrected chi connectivity index (χ4v) is 2.25. The molecule has 142 valence electrons. The molecule has 0 aliphatic carbocycles. The van der Waals surface area contributed by atoms with Crippen molar-refractivity contribution in [2.24, 2.45) is 5.73 Å². The molecule has 10 nitrogen and oxygen atoms in total. The molecule has 0 radical (unpaired) electrons. The smallest absolute Gasteiger partial charge is 0.385 e. The summed E-state index contributed by atoms with van der Waals surface area (Å²) in [5, 5.41) is 0. The molecule has 5 atom stereocenters. The van der Waals surface area contributed by atoms with E-state index in [0.29, 0.717) is 0 Å². The van der Waals surface area contributed by atoms with Crippen LogP contribution in [0.1, 0.15) is 27.7 Å². The summed E-state index contributed by atoms with van der Waals surface area (Å²) in [7, 11) is 0. The van der Waals surface area contributed by atoms with E-state index in [-0.39, 0.29) is 0 Å². The Morgan fingerprint density at radius 2 is 1.48 bits per heavy atom. The molecule has 1 fully saturated rings. The molecule has 1 saturated heterocycles. The number of halogens is 1. The second kappa shape index (κ2) is 8.21. The minimum absolute atomic E-state index is 0.565. The zero-order chi connectivity index (χ0) is 19.4. The van der Waals surface area contributed by atoms with Gasteiger partial charge in [-0.25, -0.2) is 0 Å². The van der Waals surface area contributed by atoms with Gasteiger partial charge in [-0.05, 0) is 0 Å². The zero-order valence-corrected chi connectivity index (χ0v) is 14.1. The van der Waals surface area contributed by atoms with E-state index >= 15 is 0 Å². The molecule has 1 rings (SSSR count). The van der Waals surface area contributed by atoms with Crippen LogP contribution in [0.5, 0.6) is 0 Å². The van der Waals surface area contributed by atoms with Gasteiger partial charge in [0.2, 0.25) is 0 Å². The van der Waals surface area contributed by atoms with Crippen LogP contribution in [0.15, 0.2) is 0 Å². The van der Waals surface area contributed by atoms with Crippen LogP contribution in [0.25, 0.3) is 0 Å². The SMILES string of the molecule is CC(=O)OC[C@H]1OC(F)(OC(C)=O)[C@H](N)[C@@H](OC(C)=O)[C@@H]1OC(C)=O. The van der Waals surface area contributed by atoms with E-state index < -0.39 is 60.9 Å². The van der Waals surface area contributed by atoms with Gasteiger partial charge in [-0.2, -0.15) is 4.39 Å². The van der Waals surface area contributed by atoms with Gasteiger partial charge >= 0.3 is 29.9 Å². The van der Waals surface area contributed by atoms with Crippen LogP contribution in [0.2, 0.25) is 0 Å². The molecule has 1 heterocycles. The lowest BCUT2D eigenvalue weighted by Crippen LogP contribution is -2.69. The standard InChI is InChI=1S/C14H20FNO9/c1-6(17)21-5-10-11(22-7(2)18)12(23-8(3)19)13(16)14(15,25-10)24-9(4)20/h10-13H,5,16H2,1-4H3/t10-,11-,12+,13-,14?/m1/s1. The summed E-state index contributed by atoms with van der Waals surface area (Å²) < 4.78 is 39.1. The van der Waals surface area contributed by atoms with E-state index in [2.05, 4.69) is 4.74 Å². The molecular weight excluding hydrogens is 345 g/mol. The Balaban J connectivity index is 3.22. The minimum atomic E-state index is -3.19. The van der Waals surface area contributed by atoms with Gasteiger partial charge in [0, 0.05) is 27.7 Å². The van der Waals surface area contributed by atoms with Crippen LogP contribution >= 0.6 is 0 Å². The first-order chi connectivity index (χ1) is 11.5. The molecule has 1 unspecified atom stereocenters. The average molecular weight is 365 g/mol. The van der Waals surface area contributed by atoms with Gasteiger partial charge < -0.3 is 29.4 Å². The van der Waals surface area contributed by atoms with Crippen LogP contribution in [0, 0.1) is 0 Å². The van der Waals surface area contributed by atoms with Crippen molar-refractivity contribution in [3.63, 3.8) is 0 Å². The molecule has 0 aromatic rings. The van der Waals surface area contributed by atoms with Crippen molar-refractivity contribution in [1.82, 2.24) is 0 Å². The van der Waals surface area contributed by atoms with Gasteiger partial charge in [0.1, 0.15) is 18.8 Å². The van der Waals surface area contributed by atoms with E-state index in [1.807, 2.05) is 0 Å². The topological polar surface area (TPSA) is 140 Å². The molecule has 0 bridgehead atoms. The van der Waals surface area contributed by atoms with Gasteiger partial charge in [-0.1, -0.05) is 0 Å². The molecule has 2 N–H and O–H groups in total. The Labute approximate surface area is 142 Å². The highest BCUT2D eigenvalue weighted by atomic mass is 19.2. The lowest BCUT2D eigenvalue weighted by atomic mass is 9.96. The van der Waals surface area contributed by atoms with Gasteiger partial charge in [0.25, 0.3) is 0 Å². The van der Waals surface area contributed by atoms with Crippen molar-refractivity contribution < 1.29 is 47.3 Å². The number of ether oxygens (including phenoxy) is 5. The van der Waals surface area contributed by atoms with Gasteiger partial charge in [-0.15, -0.1) is 0 Å². The molecule has 0 aromatic carbocycles. The highest BCUT2D eigenvalue weighted by Crippen LogP contribution is 2.34. The lowest BCUT2D eigenvalue weighted by molar-refractivity contribution is -0.374. The summed E-state index contributed by atoms with van der Waals surface area (Å²) in [6.45, 7) is 3.53. The number of carbonyl (C=O) groups is 4. The Hall–Kier alpha value is -2.27. The van der Waals surface area contributed by atoms with Crippen LogP contribution in [-0.2, 0) is 42.9 Å². The summed E-state index contributed by atoms with van der Waals surface area (Å²) in [4.78, 5) is 44.8. The fraction of sp³-hybridized carbons (Fsp3) is 0.714. The van der Waals surface area contributed by atoms with Gasteiger partial charge in [0.05, 0.1) is 0 Å². The molecule has 25 heavy (non-hydrogen) atoms. The number of rotatable bonds is 5. The number of hydrogen-bond donors (Lipinski definition) is 1. The van der Waals surface area contributed by atoms with E-state index in [4.69, 9.17) is 24.7 Å². The molecular formula is C14H20FNO9. The summed E-state index contributed by atoms with van der Waals surface area (Å²) in [5.74, 6) is -3.43. The van der Waals surface area contributed by atoms with E-state index in [0.717, 1.165) is 27.7 Å². The molecule has 0 saturated carbocycles. The fourth-order valence-electron chi connectivity index (χ4n) is 2.25. The summed E-state index contributed by atoms with van der Waals surface area (Å²) in [6, 6.07) is -5.01. The van der Waals surface area contributed by atoms with Crippen molar-refractivity contribution in [2.75, 3.05) is 6.61 Å². The average Bonchev–Trinajstić information content (AvgIpc) is 2.43. The third-order valence-corrected chi connectivity index (χ3v) is 3.09. The monoisotopic (exact) mass is 365 g/mol. The van der Waals surface area contributed by atoms with Crippen molar-refractivity contribution in [1.29, 1.82) is 0 Å². The van der Waals surface area contributed by atoms with Crippen LogP contribution < -0.4 is 5.73 Å². The second-order valence-corrected chi connectivity index (χ2v) is 5.31. The van der Waals surface area contributed by atoms with Crippen LogP contribution in [0.4, 0.5) is 4.39 Å². The number of nitrogens with two attached hydrogens (primary N) is 1. The van der Waals surface area contributed by atoms with E-state index in [1.54, 1.807) is 0 Å². The second-order valence-electron chi connectivity index (χ2n) is 5.31. The molecule has 0 aromatic heterocycles. The summed E-state index contributed by atoms with van der Waals surface area (Å²) in [6.07, 6.45) is -4.39. The van der Waals surface area contributed by atoms with Crippen LogP contribution in [-0.4, -0.2) is 60.9 Å². The first-order valence-corrected chi connectivity index (χ1v) is 7.26. The molecule has 1 aliphatic heterocycles. The number of alkyl halides is 1. The van der Waals surface area contributed by atoms with E-state index in [9.17, 15) is 23.6 Å². The third-order valence-electron chi connectivity index (χ3n) is 3.09. The quantitative estimate of drug-likeness (QED) is 0.492. The highest BCUT2D eigenvalue weighted by molar-refractivity contribution is 5.68. The molecule has 11 heteroatoms. The van der Waals surface area contributed by atoms with Gasteiger partial charge in [-0.3, -0.25) is 19.2 Å². The third kappa shape index (κ3) is 5.64. The number of hydrogen-bond acceptors (Lipinski definition) is 10. The molecule has 1 aliphatic rings. The van der Waals surface area contributed by atoms with Gasteiger partial charge in [0.15, 0.2) is 12.2 Å². The molecule has 0 amide bonds. The van der Waals surface area contributed by atoms with Crippen LogP contribution in [0.3, 0.4) is 0 Å². The first kappa shape index (κ1) is 20.8. The number of carbonyl (C=O) groups excluding carboxylic acids is 4. The zero-order valence-electron chi connectivity index (χ0n) is 14.1. The maximum absolute atomic E-state index is 14.9. The maximum atomic E-state index is 14.9. The largest absolute Gasteiger partial charge is 0.463 e. The lowest BCUT2D eigenvalue weighted by Gasteiger charge is -2.45. The van der Waals surface area contributed by atoms with Crippen molar-refractivity contribution in [3.05, 3.63) is 0 Å². The summed E-state index contributed by atoms with van der Waals surface area (Å²) >= 11 is 0. The predicted molar refractivity (Wildman–Crippen MR) is 76.2 cm³/mol. The minimum Gasteiger partial charge on any atom is -0.463 e. The first-order valence-electron chi connectivity index (χ1n) is 7.26. The highest BCUT2D eigenvalue weighted by Gasteiger charge is 2.60.